The van der Waals surface area contributed by atoms with Crippen molar-refractivity contribution in [3.8, 4) is 5.75 Å². The van der Waals surface area contributed by atoms with Crippen LogP contribution < -0.4 is 10.1 Å². The molecule has 100 valence electrons. The number of hydrogen-bond donors (Lipinski definition) is 1. The van der Waals surface area contributed by atoms with Crippen molar-refractivity contribution < 1.29 is 9.47 Å². The van der Waals surface area contributed by atoms with Gasteiger partial charge in [-0.05, 0) is 31.4 Å². The maximum atomic E-state index is 5.54. The van der Waals surface area contributed by atoms with E-state index in [4.69, 9.17) is 9.47 Å². The molecule has 1 heterocycles. The van der Waals surface area contributed by atoms with Crippen LogP contribution in [0, 0.1) is 0 Å². The highest BCUT2D eigenvalue weighted by Crippen LogP contribution is 2.19. The molecule has 2 rings (SSSR count). The molecule has 0 radical (unpaired) electrons. The van der Waals surface area contributed by atoms with E-state index >= 15 is 0 Å². The number of aromatic nitrogens is 1. The Morgan fingerprint density at radius 2 is 2.17 bits per heavy atom. The van der Waals surface area contributed by atoms with Crippen LogP contribution in [-0.2, 0) is 11.3 Å². The molecule has 0 amide bonds. The van der Waals surface area contributed by atoms with Crippen LogP contribution in [0.4, 0.5) is 0 Å². The van der Waals surface area contributed by atoms with E-state index in [9.17, 15) is 0 Å². The molecule has 0 unspecified atom stereocenters. The zero-order chi connectivity index (χ0) is 12.6. The number of nitrogens with one attached hydrogen (secondary N) is 1. The van der Waals surface area contributed by atoms with Gasteiger partial charge in [0, 0.05) is 19.2 Å². The van der Waals surface area contributed by atoms with Crippen molar-refractivity contribution in [2.75, 3.05) is 19.8 Å². The lowest BCUT2D eigenvalue weighted by molar-refractivity contribution is 0.100. The summed E-state index contributed by atoms with van der Waals surface area (Å²) in [6.07, 6.45) is 5.44. The van der Waals surface area contributed by atoms with Crippen LogP contribution in [0.15, 0.2) is 18.3 Å². The van der Waals surface area contributed by atoms with Gasteiger partial charge in [-0.25, -0.2) is 0 Å². The fourth-order valence-corrected chi connectivity index (χ4v) is 1.60. The number of ether oxygens (including phenoxy) is 2. The minimum absolute atomic E-state index is 0.585. The van der Waals surface area contributed by atoms with Gasteiger partial charge in [0.15, 0.2) is 0 Å². The summed E-state index contributed by atoms with van der Waals surface area (Å²) in [5.41, 5.74) is 1.07. The number of rotatable bonds is 9. The third-order valence-corrected chi connectivity index (χ3v) is 2.79. The number of hydrogen-bond acceptors (Lipinski definition) is 4. The van der Waals surface area contributed by atoms with Gasteiger partial charge in [0.05, 0.1) is 18.5 Å². The number of nitrogens with zero attached hydrogens (tertiary/aromatic N) is 1. The van der Waals surface area contributed by atoms with Gasteiger partial charge in [-0.2, -0.15) is 0 Å². The van der Waals surface area contributed by atoms with Gasteiger partial charge in [-0.3, -0.25) is 4.98 Å². The lowest BCUT2D eigenvalue weighted by Crippen LogP contribution is -2.16. The smallest absolute Gasteiger partial charge is 0.137 e. The van der Waals surface area contributed by atoms with E-state index in [0.717, 1.165) is 37.1 Å². The summed E-state index contributed by atoms with van der Waals surface area (Å²) >= 11 is 0. The second-order valence-corrected chi connectivity index (χ2v) is 4.60. The molecule has 4 nitrogen and oxygen atoms in total. The van der Waals surface area contributed by atoms with Crippen molar-refractivity contribution in [2.45, 2.75) is 38.8 Å². The molecule has 1 aromatic heterocycles. The van der Waals surface area contributed by atoms with Gasteiger partial charge in [0.25, 0.3) is 0 Å². The zero-order valence-electron chi connectivity index (χ0n) is 11.0. The van der Waals surface area contributed by atoms with E-state index in [0.29, 0.717) is 13.2 Å². The molecule has 1 aromatic rings. The Labute approximate surface area is 109 Å². The Kier molecular flexibility index (Phi) is 5.42. The molecule has 0 aliphatic heterocycles. The fraction of sp³-hybridized carbons (Fsp3) is 0.643. The summed E-state index contributed by atoms with van der Waals surface area (Å²) in [6, 6.07) is 4.70. The third kappa shape index (κ3) is 5.02. The Morgan fingerprint density at radius 1 is 1.28 bits per heavy atom. The van der Waals surface area contributed by atoms with Crippen molar-refractivity contribution in [1.82, 2.24) is 10.3 Å². The molecule has 0 spiro atoms. The van der Waals surface area contributed by atoms with Crippen LogP contribution in [0.5, 0.6) is 5.75 Å². The molecule has 1 N–H and O–H groups in total. The fourth-order valence-electron chi connectivity index (χ4n) is 1.60. The van der Waals surface area contributed by atoms with Crippen LogP contribution in [-0.4, -0.2) is 30.8 Å². The van der Waals surface area contributed by atoms with Crippen molar-refractivity contribution >= 4 is 0 Å². The Balaban J connectivity index is 1.63. The van der Waals surface area contributed by atoms with E-state index in [1.165, 1.54) is 12.8 Å². The largest absolute Gasteiger partial charge is 0.490 e. The minimum Gasteiger partial charge on any atom is -0.490 e. The van der Waals surface area contributed by atoms with Gasteiger partial charge in [-0.15, -0.1) is 0 Å². The van der Waals surface area contributed by atoms with Gasteiger partial charge >= 0.3 is 0 Å². The van der Waals surface area contributed by atoms with E-state index in [2.05, 4.69) is 17.2 Å². The first-order valence-corrected chi connectivity index (χ1v) is 6.77. The molecule has 0 atom stereocenters. The molecule has 18 heavy (non-hydrogen) atoms. The highest BCUT2D eigenvalue weighted by molar-refractivity contribution is 5.19. The normalized spacial score (nSPS) is 14.7. The molecule has 1 saturated carbocycles. The summed E-state index contributed by atoms with van der Waals surface area (Å²) in [5.74, 6) is 0.810. The molecule has 0 saturated heterocycles. The Morgan fingerprint density at radius 3 is 2.83 bits per heavy atom. The first-order chi connectivity index (χ1) is 8.88. The summed E-state index contributed by atoms with van der Waals surface area (Å²) in [7, 11) is 0. The second kappa shape index (κ2) is 7.34. The van der Waals surface area contributed by atoms with Crippen LogP contribution in [0.2, 0.25) is 0 Å². The lowest BCUT2D eigenvalue weighted by Gasteiger charge is -2.07. The Bertz CT molecular complexity index is 336. The number of pyridine rings is 1. The summed E-state index contributed by atoms with van der Waals surface area (Å²) in [5, 5.41) is 3.44. The second-order valence-electron chi connectivity index (χ2n) is 4.60. The molecule has 0 bridgehead atoms. The van der Waals surface area contributed by atoms with E-state index in [-0.39, 0.29) is 0 Å². The minimum atomic E-state index is 0.585. The zero-order valence-corrected chi connectivity index (χ0v) is 11.0. The summed E-state index contributed by atoms with van der Waals surface area (Å²) < 4.78 is 10.9. The van der Waals surface area contributed by atoms with Crippen LogP contribution >= 0.6 is 0 Å². The lowest BCUT2D eigenvalue weighted by atomic mass is 10.3. The molecular formula is C14H22N2O2. The van der Waals surface area contributed by atoms with E-state index in [1.807, 2.05) is 12.1 Å². The van der Waals surface area contributed by atoms with Gasteiger partial charge in [0.2, 0.25) is 0 Å². The van der Waals surface area contributed by atoms with Crippen LogP contribution in [0.1, 0.15) is 31.9 Å². The summed E-state index contributed by atoms with van der Waals surface area (Å²) in [6.45, 7) is 4.97. The first kappa shape index (κ1) is 13.3. The molecule has 1 aliphatic carbocycles. The highest BCUT2D eigenvalue weighted by Gasteiger charge is 2.19. The van der Waals surface area contributed by atoms with Crippen molar-refractivity contribution in [2.24, 2.45) is 0 Å². The van der Waals surface area contributed by atoms with Crippen LogP contribution in [0.3, 0.4) is 0 Å². The molecule has 0 aromatic carbocycles. The average molecular weight is 250 g/mol. The van der Waals surface area contributed by atoms with E-state index in [1.54, 1.807) is 6.20 Å². The molecule has 1 fully saturated rings. The molecule has 1 aliphatic rings. The molecular weight excluding hydrogens is 228 g/mol. The van der Waals surface area contributed by atoms with Gasteiger partial charge in [0.1, 0.15) is 12.4 Å². The third-order valence-electron chi connectivity index (χ3n) is 2.79. The standard InChI is InChI=1S/C14H22N2O2/c1-2-7-17-8-9-18-14-6-5-13(16-11-14)10-15-12-3-4-12/h5-6,11-12,15H,2-4,7-10H2,1H3. The van der Waals surface area contributed by atoms with Gasteiger partial charge < -0.3 is 14.8 Å². The quantitative estimate of drug-likeness (QED) is 0.682. The van der Waals surface area contributed by atoms with Crippen molar-refractivity contribution in [3.63, 3.8) is 0 Å². The Hall–Kier alpha value is -1.13. The van der Waals surface area contributed by atoms with Gasteiger partial charge in [-0.1, -0.05) is 6.92 Å². The SMILES string of the molecule is CCCOCCOc1ccc(CNC2CC2)nc1. The first-order valence-electron chi connectivity index (χ1n) is 6.77. The monoisotopic (exact) mass is 250 g/mol. The molecule has 4 heteroatoms. The maximum absolute atomic E-state index is 5.54. The highest BCUT2D eigenvalue weighted by atomic mass is 16.5. The van der Waals surface area contributed by atoms with E-state index < -0.39 is 0 Å². The average Bonchev–Trinajstić information content (AvgIpc) is 3.22. The maximum Gasteiger partial charge on any atom is 0.137 e. The van der Waals surface area contributed by atoms with Crippen molar-refractivity contribution in [3.05, 3.63) is 24.0 Å². The topological polar surface area (TPSA) is 43.4 Å². The van der Waals surface area contributed by atoms with Crippen molar-refractivity contribution in [1.29, 1.82) is 0 Å². The van der Waals surface area contributed by atoms with Crippen LogP contribution in [0.25, 0.3) is 0 Å². The summed E-state index contributed by atoms with van der Waals surface area (Å²) in [4.78, 5) is 4.37. The predicted molar refractivity (Wildman–Crippen MR) is 70.7 cm³/mol. The predicted octanol–water partition coefficient (Wildman–Crippen LogP) is 2.14.